The molecule has 4 heterocycles. The third-order valence-electron chi connectivity index (χ3n) is 11.4. The molecule has 0 amide bonds. The molecule has 3 aliphatic rings. The Morgan fingerprint density at radius 3 is 1.55 bits per heavy atom. The van der Waals surface area contributed by atoms with E-state index in [1.165, 1.54) is 55.0 Å². The molecule has 1 aromatic heterocycles. The number of nitrogen functional groups attached to an aromatic ring is 1. The molecule has 1 saturated heterocycles. The fourth-order valence-electron chi connectivity index (χ4n) is 7.83. The van der Waals surface area contributed by atoms with E-state index in [-0.39, 0.29) is 61.0 Å². The van der Waals surface area contributed by atoms with Crippen LogP contribution in [0.5, 0.6) is 0 Å². The van der Waals surface area contributed by atoms with Crippen molar-refractivity contribution in [1.82, 2.24) is 9.88 Å². The highest BCUT2D eigenvalue weighted by atomic mass is 35.5. The average Bonchev–Trinajstić information content (AvgIpc) is 4.08. The van der Waals surface area contributed by atoms with Gasteiger partial charge in [0, 0.05) is 75.6 Å². The zero-order valence-corrected chi connectivity index (χ0v) is 37.2. The Balaban J connectivity index is 0.000000182. The smallest absolute Gasteiger partial charge is 0.398 e. The SMILES string of the molecule is COC1CCC(C)N1.N#Cc1cc(C2=NCC(c3cc(Cl)cc(Cl)c3)(C(F)(F)F)C2)ccc1-n1cccc1.N#Cc1cc(C2=NCC(c3cc(Cl)cc(Cl)c3)(C(F)(F)F)C2)ccc1N. The lowest BCUT2D eigenvalue weighted by molar-refractivity contribution is -0.184. The van der Waals surface area contributed by atoms with Crippen molar-refractivity contribution >= 4 is 63.5 Å². The second-order valence-electron chi connectivity index (χ2n) is 15.6. The molecule has 5 aromatic rings. The summed E-state index contributed by atoms with van der Waals surface area (Å²) in [5.74, 6) is 0. The molecule has 18 heteroatoms. The number of nitrogens with zero attached hydrogens (tertiary/aromatic N) is 5. The molecular formula is C46H39Cl4F6N7O. The maximum Gasteiger partial charge on any atom is 0.400 e. The van der Waals surface area contributed by atoms with E-state index >= 15 is 0 Å². The number of nitriles is 2. The number of hydrogen-bond donors (Lipinski definition) is 2. The van der Waals surface area contributed by atoms with E-state index in [0.717, 1.165) is 6.42 Å². The van der Waals surface area contributed by atoms with Crippen molar-refractivity contribution in [2.24, 2.45) is 9.98 Å². The molecule has 3 aliphatic heterocycles. The molecule has 8 rings (SSSR count). The first-order chi connectivity index (χ1) is 30.2. The standard InChI is InChI=1S/C22H14Cl2F3N3.C18H12Cl2F3N3.C6H13NO/c23-17-8-16(9-18(24)10-17)21(22(25,26)27)11-19(29-13-21)14-3-4-20(15(7-14)12-28)30-5-1-2-6-30;19-13-4-12(5-14(20)6-13)17(18(21,22)23)7-16(26-9-17)10-1-2-15(25)11(3-10)8-24;1-5-3-4-6(7-5)8-2/h1-10H,11,13H2;1-6H,7,9,25H2;5-7H,3-4H2,1-2H3. The Kier molecular flexibility index (Phi) is 14.8. The summed E-state index contributed by atoms with van der Waals surface area (Å²) >= 11 is 23.8. The topological polar surface area (TPSA) is 125 Å². The fraction of sp³-hybridized carbons (Fsp3) is 0.304. The van der Waals surface area contributed by atoms with Gasteiger partial charge in [0.1, 0.15) is 29.2 Å². The van der Waals surface area contributed by atoms with Crippen molar-refractivity contribution in [2.45, 2.75) is 68.1 Å². The highest BCUT2D eigenvalue weighted by molar-refractivity contribution is 6.35. The van der Waals surface area contributed by atoms with Gasteiger partial charge < -0.3 is 15.0 Å². The van der Waals surface area contributed by atoms with Crippen LogP contribution in [-0.2, 0) is 15.6 Å². The second-order valence-corrected chi connectivity index (χ2v) is 17.3. The van der Waals surface area contributed by atoms with Gasteiger partial charge in [-0.1, -0.05) is 58.5 Å². The van der Waals surface area contributed by atoms with Gasteiger partial charge in [0.15, 0.2) is 0 Å². The Labute approximate surface area is 385 Å². The van der Waals surface area contributed by atoms with Crippen LogP contribution in [0.1, 0.15) is 66.0 Å². The van der Waals surface area contributed by atoms with Gasteiger partial charge in [-0.25, -0.2) is 0 Å². The molecule has 4 aromatic carbocycles. The van der Waals surface area contributed by atoms with E-state index in [0.29, 0.717) is 40.4 Å². The molecule has 0 spiro atoms. The number of rotatable bonds is 6. The lowest BCUT2D eigenvalue weighted by atomic mass is 9.76. The van der Waals surface area contributed by atoms with E-state index in [1.54, 1.807) is 48.3 Å². The summed E-state index contributed by atoms with van der Waals surface area (Å²) in [6, 6.07) is 25.7. The summed E-state index contributed by atoms with van der Waals surface area (Å²) < 4.78 is 91.6. The summed E-state index contributed by atoms with van der Waals surface area (Å²) in [7, 11) is 1.75. The monoisotopic (exact) mass is 959 g/mol. The second kappa shape index (κ2) is 19.6. The van der Waals surface area contributed by atoms with Gasteiger partial charge >= 0.3 is 12.4 Å². The van der Waals surface area contributed by atoms with Gasteiger partial charge in [-0.05, 0) is 115 Å². The largest absolute Gasteiger partial charge is 0.400 e. The van der Waals surface area contributed by atoms with E-state index < -0.39 is 36.3 Å². The number of nitrogens with one attached hydrogen (secondary N) is 1. The zero-order valence-electron chi connectivity index (χ0n) is 34.1. The summed E-state index contributed by atoms with van der Waals surface area (Å²) in [5, 5.41) is 22.4. The summed E-state index contributed by atoms with van der Waals surface area (Å²) in [6.07, 6.45) is -3.53. The first-order valence-corrected chi connectivity index (χ1v) is 21.1. The summed E-state index contributed by atoms with van der Waals surface area (Å²) in [5.41, 5.74) is 4.12. The third-order valence-corrected chi connectivity index (χ3v) is 12.3. The first-order valence-electron chi connectivity index (χ1n) is 19.6. The van der Waals surface area contributed by atoms with Crippen molar-refractivity contribution in [1.29, 1.82) is 10.5 Å². The minimum Gasteiger partial charge on any atom is -0.398 e. The van der Waals surface area contributed by atoms with Gasteiger partial charge in [0.25, 0.3) is 0 Å². The molecule has 4 atom stereocenters. The predicted molar refractivity (Wildman–Crippen MR) is 239 cm³/mol. The van der Waals surface area contributed by atoms with Gasteiger partial charge in [-0.15, -0.1) is 0 Å². The Bertz CT molecular complexity index is 2620. The minimum absolute atomic E-state index is 0.0179. The molecule has 4 unspecified atom stereocenters. The molecule has 0 bridgehead atoms. The normalized spacial score (nSPS) is 21.7. The highest BCUT2D eigenvalue weighted by Gasteiger charge is 2.59. The van der Waals surface area contributed by atoms with Crippen LogP contribution in [0.15, 0.2) is 107 Å². The van der Waals surface area contributed by atoms with Crippen molar-refractivity contribution in [3.8, 4) is 17.8 Å². The summed E-state index contributed by atoms with van der Waals surface area (Å²) in [4.78, 5) is 8.35. The van der Waals surface area contributed by atoms with E-state index in [2.05, 4.69) is 28.3 Å². The number of alkyl halides is 6. The van der Waals surface area contributed by atoms with Crippen LogP contribution >= 0.6 is 46.4 Å². The Morgan fingerprint density at radius 2 is 1.16 bits per heavy atom. The maximum atomic E-state index is 14.2. The van der Waals surface area contributed by atoms with Gasteiger partial charge in [-0.3, -0.25) is 15.3 Å². The van der Waals surface area contributed by atoms with Gasteiger partial charge in [0.2, 0.25) is 0 Å². The number of aromatic nitrogens is 1. The molecule has 64 heavy (non-hydrogen) atoms. The van der Waals surface area contributed by atoms with Crippen LogP contribution in [-0.4, -0.2) is 60.8 Å². The van der Waals surface area contributed by atoms with Crippen LogP contribution in [0, 0.1) is 22.7 Å². The number of ether oxygens (including phenoxy) is 1. The minimum atomic E-state index is -4.56. The van der Waals surface area contributed by atoms with Crippen LogP contribution in [0.3, 0.4) is 0 Å². The lowest BCUT2D eigenvalue weighted by Crippen LogP contribution is -2.43. The van der Waals surface area contributed by atoms with E-state index in [4.69, 9.17) is 62.1 Å². The van der Waals surface area contributed by atoms with Gasteiger partial charge in [0.05, 0.1) is 29.9 Å². The van der Waals surface area contributed by atoms with E-state index in [9.17, 15) is 31.6 Å². The lowest BCUT2D eigenvalue weighted by Gasteiger charge is -2.31. The number of anilines is 1. The molecule has 3 N–H and O–H groups in total. The van der Waals surface area contributed by atoms with Crippen molar-refractivity contribution in [3.63, 3.8) is 0 Å². The number of nitrogens with two attached hydrogens (primary N) is 1. The van der Waals surface area contributed by atoms with Crippen molar-refractivity contribution < 1.29 is 31.1 Å². The molecule has 334 valence electrons. The molecule has 0 saturated carbocycles. The Morgan fingerprint density at radius 1 is 0.703 bits per heavy atom. The third kappa shape index (κ3) is 10.4. The molecular weight excluding hydrogens is 922 g/mol. The number of hydrogen-bond acceptors (Lipinski definition) is 7. The van der Waals surface area contributed by atoms with Crippen LogP contribution in [0.2, 0.25) is 20.1 Å². The molecule has 0 radical (unpaired) electrons. The quantitative estimate of drug-likeness (QED) is 0.130. The predicted octanol–water partition coefficient (Wildman–Crippen LogP) is 12.2. The van der Waals surface area contributed by atoms with Gasteiger partial charge in [-0.2, -0.15) is 36.9 Å². The number of benzene rings is 4. The molecule has 0 aliphatic carbocycles. The highest BCUT2D eigenvalue weighted by Crippen LogP contribution is 2.50. The number of halogens is 10. The average molecular weight is 962 g/mol. The van der Waals surface area contributed by atoms with Crippen LogP contribution in [0.25, 0.3) is 5.69 Å². The zero-order chi connectivity index (χ0) is 46.6. The first kappa shape index (κ1) is 48.4. The fourth-order valence-corrected chi connectivity index (χ4v) is 8.88. The number of methoxy groups -OCH3 is 1. The van der Waals surface area contributed by atoms with Crippen molar-refractivity contribution in [2.75, 3.05) is 25.9 Å². The molecule has 1 fully saturated rings. The number of aliphatic imine (C=N–C) groups is 2. The summed E-state index contributed by atoms with van der Waals surface area (Å²) in [6.45, 7) is 1.23. The Hall–Kier alpha value is -5.06. The maximum absolute atomic E-state index is 14.2. The molecule has 8 nitrogen and oxygen atoms in total. The van der Waals surface area contributed by atoms with Crippen LogP contribution in [0.4, 0.5) is 32.0 Å². The van der Waals surface area contributed by atoms with Crippen LogP contribution < -0.4 is 11.1 Å². The van der Waals surface area contributed by atoms with E-state index in [1.807, 2.05) is 18.2 Å². The van der Waals surface area contributed by atoms with Crippen molar-refractivity contribution in [3.05, 3.63) is 151 Å².